The van der Waals surface area contributed by atoms with Gasteiger partial charge < -0.3 is 14.6 Å². The molecule has 0 bridgehead atoms. The normalized spacial score (nSPS) is 10.1. The molecule has 0 radical (unpaired) electrons. The van der Waals surface area contributed by atoms with Crippen LogP contribution in [0.4, 0.5) is 0 Å². The lowest BCUT2D eigenvalue weighted by Gasteiger charge is -2.09. The number of benzene rings is 2. The van der Waals surface area contributed by atoms with Gasteiger partial charge in [0, 0.05) is 6.07 Å². The summed E-state index contributed by atoms with van der Waals surface area (Å²) in [6.07, 6.45) is -0.397. The van der Waals surface area contributed by atoms with Crippen LogP contribution < -0.4 is 4.74 Å². The van der Waals surface area contributed by atoms with Gasteiger partial charge in [0.15, 0.2) is 5.78 Å². The first-order valence-electron chi connectivity index (χ1n) is 7.28. The van der Waals surface area contributed by atoms with Gasteiger partial charge in [0.1, 0.15) is 24.5 Å². The maximum Gasteiger partial charge on any atom is 0.313 e. The molecule has 2 aromatic rings. The summed E-state index contributed by atoms with van der Waals surface area (Å²) in [7, 11) is 0. The molecule has 2 aromatic carbocycles. The van der Waals surface area contributed by atoms with Crippen molar-refractivity contribution >= 4 is 11.8 Å². The standard InChI is InChI=1S/C18H18O5/c1-2-22-18(21)11-17(20)15-9-8-14(10-16(15)19)23-12-13-6-4-3-5-7-13/h3-10,19H,2,11-12H2,1H3. The third kappa shape index (κ3) is 4.85. The average molecular weight is 314 g/mol. The van der Waals surface area contributed by atoms with E-state index in [1.54, 1.807) is 13.0 Å². The first kappa shape index (κ1) is 16.5. The van der Waals surface area contributed by atoms with Crippen molar-refractivity contribution < 1.29 is 24.2 Å². The molecule has 0 spiro atoms. The van der Waals surface area contributed by atoms with Crippen LogP contribution in [0, 0.1) is 0 Å². The highest BCUT2D eigenvalue weighted by Gasteiger charge is 2.16. The Morgan fingerprint density at radius 2 is 1.83 bits per heavy atom. The zero-order valence-corrected chi connectivity index (χ0v) is 12.8. The van der Waals surface area contributed by atoms with E-state index in [1.807, 2.05) is 30.3 Å². The highest BCUT2D eigenvalue weighted by molar-refractivity contribution is 6.07. The predicted molar refractivity (Wildman–Crippen MR) is 84.5 cm³/mol. The van der Waals surface area contributed by atoms with Gasteiger partial charge in [-0.25, -0.2) is 0 Å². The summed E-state index contributed by atoms with van der Waals surface area (Å²) in [4.78, 5) is 23.3. The SMILES string of the molecule is CCOC(=O)CC(=O)c1ccc(OCc2ccccc2)cc1O. The second kappa shape index (κ2) is 7.98. The van der Waals surface area contributed by atoms with Crippen molar-refractivity contribution in [2.75, 3.05) is 6.61 Å². The van der Waals surface area contributed by atoms with Crippen LogP contribution in [0.15, 0.2) is 48.5 Å². The van der Waals surface area contributed by atoms with Crippen LogP contribution >= 0.6 is 0 Å². The van der Waals surface area contributed by atoms with E-state index in [1.165, 1.54) is 12.1 Å². The fourth-order valence-electron chi connectivity index (χ4n) is 2.02. The quantitative estimate of drug-likeness (QED) is 0.483. The predicted octanol–water partition coefficient (Wildman–Crippen LogP) is 3.11. The summed E-state index contributed by atoms with van der Waals surface area (Å²) < 4.78 is 10.3. The van der Waals surface area contributed by atoms with E-state index < -0.39 is 18.2 Å². The van der Waals surface area contributed by atoms with Crippen LogP contribution in [0.1, 0.15) is 29.3 Å². The summed E-state index contributed by atoms with van der Waals surface area (Å²) in [6, 6.07) is 14.0. The number of esters is 1. The number of phenolic OH excluding ortho intramolecular Hbond substituents is 1. The zero-order chi connectivity index (χ0) is 16.7. The number of ether oxygens (including phenoxy) is 2. The van der Waals surface area contributed by atoms with Crippen LogP contribution in [-0.4, -0.2) is 23.5 Å². The Hall–Kier alpha value is -2.82. The summed E-state index contributed by atoms with van der Waals surface area (Å²) in [5.41, 5.74) is 1.07. The minimum absolute atomic E-state index is 0.0742. The van der Waals surface area contributed by atoms with Gasteiger partial charge in [0.2, 0.25) is 0 Å². The first-order valence-corrected chi connectivity index (χ1v) is 7.28. The minimum atomic E-state index is -0.610. The maximum atomic E-state index is 11.9. The minimum Gasteiger partial charge on any atom is -0.507 e. The summed E-state index contributed by atoms with van der Waals surface area (Å²) in [6.45, 7) is 2.24. The van der Waals surface area contributed by atoms with Gasteiger partial charge in [0.05, 0.1) is 12.2 Å². The van der Waals surface area contributed by atoms with E-state index in [9.17, 15) is 14.7 Å². The lowest BCUT2D eigenvalue weighted by Crippen LogP contribution is -2.11. The maximum absolute atomic E-state index is 11.9. The average Bonchev–Trinajstić information content (AvgIpc) is 2.54. The molecule has 23 heavy (non-hydrogen) atoms. The van der Waals surface area contributed by atoms with Crippen molar-refractivity contribution in [1.29, 1.82) is 0 Å². The topological polar surface area (TPSA) is 72.8 Å². The van der Waals surface area contributed by atoms with Gasteiger partial charge in [-0.3, -0.25) is 9.59 Å². The molecule has 1 N–H and O–H groups in total. The molecule has 0 unspecified atom stereocenters. The molecule has 5 heteroatoms. The van der Waals surface area contributed by atoms with Crippen LogP contribution in [-0.2, 0) is 16.1 Å². The Bertz CT molecular complexity index is 679. The number of phenols is 1. The second-order valence-corrected chi connectivity index (χ2v) is 4.86. The van der Waals surface area contributed by atoms with E-state index in [4.69, 9.17) is 9.47 Å². The molecule has 0 aromatic heterocycles. The highest BCUT2D eigenvalue weighted by atomic mass is 16.5. The van der Waals surface area contributed by atoms with Gasteiger partial charge in [-0.2, -0.15) is 0 Å². The smallest absolute Gasteiger partial charge is 0.313 e. The number of ketones is 1. The Labute approximate surface area is 134 Å². The molecule has 0 aliphatic carbocycles. The monoisotopic (exact) mass is 314 g/mol. The molecule has 0 heterocycles. The van der Waals surface area contributed by atoms with Crippen LogP contribution in [0.3, 0.4) is 0 Å². The Morgan fingerprint density at radius 1 is 1.09 bits per heavy atom. The second-order valence-electron chi connectivity index (χ2n) is 4.86. The molecule has 0 aliphatic heterocycles. The Balaban J connectivity index is 2.00. The van der Waals surface area contributed by atoms with Gasteiger partial charge >= 0.3 is 5.97 Å². The van der Waals surface area contributed by atoms with Crippen molar-refractivity contribution in [1.82, 2.24) is 0 Å². The van der Waals surface area contributed by atoms with Crippen molar-refractivity contribution in [2.45, 2.75) is 20.0 Å². The number of Topliss-reactive ketones (excluding diaryl/α,β-unsaturated/α-hetero) is 1. The molecule has 0 saturated carbocycles. The number of hydrogen-bond donors (Lipinski definition) is 1. The molecular formula is C18H18O5. The van der Waals surface area contributed by atoms with E-state index >= 15 is 0 Å². The fourth-order valence-corrected chi connectivity index (χ4v) is 2.02. The van der Waals surface area contributed by atoms with Crippen LogP contribution in [0.2, 0.25) is 0 Å². The number of carbonyl (C=O) groups excluding carboxylic acids is 2. The number of aromatic hydroxyl groups is 1. The van der Waals surface area contributed by atoms with E-state index in [0.717, 1.165) is 5.56 Å². The zero-order valence-electron chi connectivity index (χ0n) is 12.8. The number of carbonyl (C=O) groups is 2. The molecular weight excluding hydrogens is 296 g/mol. The lowest BCUT2D eigenvalue weighted by molar-refractivity contribution is -0.141. The molecule has 120 valence electrons. The summed E-state index contributed by atoms with van der Waals surface area (Å²) in [5, 5.41) is 9.95. The molecule has 0 aliphatic rings. The van der Waals surface area contributed by atoms with Gasteiger partial charge in [-0.1, -0.05) is 30.3 Å². The number of hydrogen-bond acceptors (Lipinski definition) is 5. The van der Waals surface area contributed by atoms with Gasteiger partial charge in [-0.15, -0.1) is 0 Å². The Morgan fingerprint density at radius 3 is 2.48 bits per heavy atom. The third-order valence-corrected chi connectivity index (χ3v) is 3.13. The van der Waals surface area contributed by atoms with E-state index in [-0.39, 0.29) is 17.9 Å². The molecule has 0 atom stereocenters. The molecule has 0 amide bonds. The lowest BCUT2D eigenvalue weighted by atomic mass is 10.1. The molecule has 0 fully saturated rings. The van der Waals surface area contributed by atoms with E-state index in [2.05, 4.69) is 0 Å². The summed E-state index contributed by atoms with van der Waals surface area (Å²) >= 11 is 0. The first-order chi connectivity index (χ1) is 11.1. The van der Waals surface area contributed by atoms with Crippen LogP contribution in [0.5, 0.6) is 11.5 Å². The highest BCUT2D eigenvalue weighted by Crippen LogP contribution is 2.25. The van der Waals surface area contributed by atoms with Crippen molar-refractivity contribution in [2.24, 2.45) is 0 Å². The third-order valence-electron chi connectivity index (χ3n) is 3.13. The molecule has 5 nitrogen and oxygen atoms in total. The fraction of sp³-hybridized carbons (Fsp3) is 0.222. The van der Waals surface area contributed by atoms with Gasteiger partial charge in [-0.05, 0) is 24.6 Å². The Kier molecular flexibility index (Phi) is 5.74. The molecule has 2 rings (SSSR count). The van der Waals surface area contributed by atoms with Crippen molar-refractivity contribution in [3.63, 3.8) is 0 Å². The van der Waals surface area contributed by atoms with Crippen LogP contribution in [0.25, 0.3) is 0 Å². The van der Waals surface area contributed by atoms with Crippen molar-refractivity contribution in [3.8, 4) is 11.5 Å². The van der Waals surface area contributed by atoms with Gasteiger partial charge in [0.25, 0.3) is 0 Å². The molecule has 0 saturated heterocycles. The largest absolute Gasteiger partial charge is 0.507 e. The number of rotatable bonds is 7. The van der Waals surface area contributed by atoms with E-state index in [0.29, 0.717) is 12.4 Å². The van der Waals surface area contributed by atoms with Crippen molar-refractivity contribution in [3.05, 3.63) is 59.7 Å². The summed E-state index contributed by atoms with van der Waals surface area (Å²) in [5.74, 6) is -0.874.